The van der Waals surface area contributed by atoms with Crippen LogP contribution in [0.15, 0.2) is 0 Å². The van der Waals surface area contributed by atoms with Gasteiger partial charge in [0.15, 0.2) is 0 Å². The lowest BCUT2D eigenvalue weighted by Gasteiger charge is -2.45. The van der Waals surface area contributed by atoms with E-state index < -0.39 is 0 Å². The molecule has 1 heterocycles. The first-order valence-electron chi connectivity index (χ1n) is 8.57. The summed E-state index contributed by atoms with van der Waals surface area (Å²) in [4.78, 5) is 5.10. The van der Waals surface area contributed by atoms with Crippen LogP contribution in [0.2, 0.25) is 0 Å². The SMILES string of the molecule is CC1CCCC(C)C1NCC(C)(C)N1CCN(C)CC1. The standard InChI is InChI=1S/C17H35N3/c1-14-7-6-8-15(2)16(14)18-13-17(3,4)20-11-9-19(5)10-12-20/h14-16,18H,6-13H2,1-5H3. The number of nitrogens with one attached hydrogen (secondary N) is 1. The van der Waals surface area contributed by atoms with E-state index in [9.17, 15) is 0 Å². The number of nitrogens with zero attached hydrogens (tertiary/aromatic N) is 2. The first-order chi connectivity index (χ1) is 9.40. The molecule has 3 heteroatoms. The molecule has 1 saturated carbocycles. The van der Waals surface area contributed by atoms with Gasteiger partial charge < -0.3 is 10.2 Å². The molecule has 2 unspecified atom stereocenters. The van der Waals surface area contributed by atoms with Crippen LogP contribution in [-0.2, 0) is 0 Å². The highest BCUT2D eigenvalue weighted by Gasteiger charge is 2.32. The third kappa shape index (κ3) is 3.96. The minimum absolute atomic E-state index is 0.276. The van der Waals surface area contributed by atoms with Gasteiger partial charge in [0.2, 0.25) is 0 Å². The molecular formula is C17H35N3. The van der Waals surface area contributed by atoms with E-state index in [2.05, 4.69) is 49.9 Å². The largest absolute Gasteiger partial charge is 0.312 e. The highest BCUT2D eigenvalue weighted by atomic mass is 15.3. The molecule has 0 amide bonds. The maximum absolute atomic E-state index is 3.91. The van der Waals surface area contributed by atoms with Gasteiger partial charge in [-0.2, -0.15) is 0 Å². The van der Waals surface area contributed by atoms with Gasteiger partial charge in [-0.15, -0.1) is 0 Å². The molecule has 0 bridgehead atoms. The number of hydrogen-bond acceptors (Lipinski definition) is 3. The quantitative estimate of drug-likeness (QED) is 0.854. The van der Waals surface area contributed by atoms with Gasteiger partial charge in [-0.1, -0.05) is 20.3 Å². The molecule has 1 aliphatic carbocycles. The normalized spacial score (nSPS) is 34.4. The van der Waals surface area contributed by atoms with Crippen molar-refractivity contribution >= 4 is 0 Å². The monoisotopic (exact) mass is 281 g/mol. The van der Waals surface area contributed by atoms with E-state index in [0.717, 1.165) is 24.4 Å². The van der Waals surface area contributed by atoms with Gasteiger partial charge in [0.25, 0.3) is 0 Å². The molecule has 20 heavy (non-hydrogen) atoms. The fourth-order valence-corrected chi connectivity index (χ4v) is 3.98. The predicted octanol–water partition coefficient (Wildman–Crippen LogP) is 2.43. The zero-order valence-corrected chi connectivity index (χ0v) is 14.3. The van der Waals surface area contributed by atoms with Crippen LogP contribution in [0, 0.1) is 11.8 Å². The third-order valence-corrected chi connectivity index (χ3v) is 5.67. The van der Waals surface area contributed by atoms with Crippen LogP contribution in [0.5, 0.6) is 0 Å². The highest BCUT2D eigenvalue weighted by molar-refractivity contribution is 4.91. The van der Waals surface area contributed by atoms with Gasteiger partial charge in [-0.05, 0) is 45.6 Å². The highest BCUT2D eigenvalue weighted by Crippen LogP contribution is 2.29. The molecule has 2 fully saturated rings. The van der Waals surface area contributed by atoms with Crippen molar-refractivity contribution in [2.24, 2.45) is 11.8 Å². The van der Waals surface area contributed by atoms with E-state index >= 15 is 0 Å². The average Bonchev–Trinajstić information content (AvgIpc) is 2.38. The summed E-state index contributed by atoms with van der Waals surface area (Å²) >= 11 is 0. The molecule has 0 spiro atoms. The van der Waals surface area contributed by atoms with Crippen LogP contribution in [0.25, 0.3) is 0 Å². The van der Waals surface area contributed by atoms with Crippen molar-refractivity contribution in [3.8, 4) is 0 Å². The maximum Gasteiger partial charge on any atom is 0.0278 e. The van der Waals surface area contributed by atoms with Crippen molar-refractivity contribution in [2.45, 2.75) is 58.5 Å². The van der Waals surface area contributed by atoms with E-state index in [0.29, 0.717) is 0 Å². The fraction of sp³-hybridized carbons (Fsp3) is 1.00. The second-order valence-electron chi connectivity index (χ2n) is 7.89. The Labute approximate surface area is 126 Å². The lowest BCUT2D eigenvalue weighted by atomic mass is 9.78. The number of hydrogen-bond donors (Lipinski definition) is 1. The second kappa shape index (κ2) is 6.76. The molecule has 2 rings (SSSR count). The van der Waals surface area contributed by atoms with Crippen LogP contribution >= 0.6 is 0 Å². The van der Waals surface area contributed by atoms with Gasteiger partial charge in [0.1, 0.15) is 0 Å². The van der Waals surface area contributed by atoms with Gasteiger partial charge >= 0.3 is 0 Å². The lowest BCUT2D eigenvalue weighted by molar-refractivity contribution is 0.0547. The van der Waals surface area contributed by atoms with Crippen LogP contribution in [0.3, 0.4) is 0 Å². The average molecular weight is 281 g/mol. The van der Waals surface area contributed by atoms with Crippen molar-refractivity contribution in [1.29, 1.82) is 0 Å². The minimum Gasteiger partial charge on any atom is -0.312 e. The summed E-state index contributed by atoms with van der Waals surface area (Å²) < 4.78 is 0. The third-order valence-electron chi connectivity index (χ3n) is 5.67. The van der Waals surface area contributed by atoms with Crippen molar-refractivity contribution in [1.82, 2.24) is 15.1 Å². The number of likely N-dealkylation sites (N-methyl/N-ethyl adjacent to an activating group) is 1. The fourth-order valence-electron chi connectivity index (χ4n) is 3.98. The van der Waals surface area contributed by atoms with E-state index in [-0.39, 0.29) is 5.54 Å². The Morgan fingerprint density at radius 1 is 1.00 bits per heavy atom. The van der Waals surface area contributed by atoms with E-state index in [1.54, 1.807) is 0 Å². The van der Waals surface area contributed by atoms with Crippen molar-refractivity contribution in [2.75, 3.05) is 39.8 Å². The van der Waals surface area contributed by atoms with Crippen LogP contribution < -0.4 is 5.32 Å². The summed E-state index contributed by atoms with van der Waals surface area (Å²) in [5.74, 6) is 1.67. The molecule has 0 radical (unpaired) electrons. The Bertz CT molecular complexity index is 285. The lowest BCUT2D eigenvalue weighted by Crippen LogP contribution is -2.59. The second-order valence-corrected chi connectivity index (χ2v) is 7.89. The van der Waals surface area contributed by atoms with Crippen molar-refractivity contribution in [3.05, 3.63) is 0 Å². The Balaban J connectivity index is 1.84. The van der Waals surface area contributed by atoms with Crippen molar-refractivity contribution in [3.63, 3.8) is 0 Å². The molecule has 118 valence electrons. The molecule has 0 aromatic heterocycles. The predicted molar refractivity (Wildman–Crippen MR) is 87.1 cm³/mol. The van der Waals surface area contributed by atoms with Crippen LogP contribution in [0.4, 0.5) is 0 Å². The molecule has 1 saturated heterocycles. The van der Waals surface area contributed by atoms with Crippen molar-refractivity contribution < 1.29 is 0 Å². The van der Waals surface area contributed by atoms with E-state index in [1.807, 2.05) is 0 Å². The molecule has 1 aliphatic heterocycles. The minimum atomic E-state index is 0.276. The number of rotatable bonds is 4. The summed E-state index contributed by atoms with van der Waals surface area (Å²) in [5.41, 5.74) is 0.276. The smallest absolute Gasteiger partial charge is 0.0278 e. The summed E-state index contributed by atoms with van der Waals surface area (Å²) in [6, 6.07) is 0.718. The molecule has 2 aliphatic rings. The van der Waals surface area contributed by atoms with Gasteiger partial charge in [0, 0.05) is 44.3 Å². The summed E-state index contributed by atoms with van der Waals surface area (Å²) in [5, 5.41) is 3.91. The van der Waals surface area contributed by atoms with Gasteiger partial charge in [0.05, 0.1) is 0 Å². The number of piperazine rings is 1. The first kappa shape index (κ1) is 16.3. The Kier molecular flexibility index (Phi) is 5.49. The Morgan fingerprint density at radius 2 is 1.55 bits per heavy atom. The first-order valence-corrected chi connectivity index (χ1v) is 8.57. The summed E-state index contributed by atoms with van der Waals surface area (Å²) in [6.07, 6.45) is 4.22. The summed E-state index contributed by atoms with van der Waals surface area (Å²) in [7, 11) is 2.23. The van der Waals surface area contributed by atoms with E-state index in [1.165, 1.54) is 45.4 Å². The topological polar surface area (TPSA) is 18.5 Å². The molecule has 0 aromatic rings. The summed E-state index contributed by atoms with van der Waals surface area (Å²) in [6.45, 7) is 15.6. The van der Waals surface area contributed by atoms with Crippen LogP contribution in [0.1, 0.15) is 47.0 Å². The maximum atomic E-state index is 3.91. The Hall–Kier alpha value is -0.120. The molecule has 1 N–H and O–H groups in total. The van der Waals surface area contributed by atoms with Gasteiger partial charge in [-0.3, -0.25) is 4.90 Å². The molecule has 2 atom stereocenters. The zero-order chi connectivity index (χ0) is 14.8. The molecular weight excluding hydrogens is 246 g/mol. The Morgan fingerprint density at radius 3 is 2.10 bits per heavy atom. The van der Waals surface area contributed by atoms with Gasteiger partial charge in [-0.25, -0.2) is 0 Å². The molecule has 0 aromatic carbocycles. The molecule has 3 nitrogen and oxygen atoms in total. The van der Waals surface area contributed by atoms with E-state index in [4.69, 9.17) is 0 Å². The van der Waals surface area contributed by atoms with Crippen LogP contribution in [-0.4, -0.2) is 61.2 Å². The zero-order valence-electron chi connectivity index (χ0n) is 14.3.